The fraction of sp³-hybridized carbons (Fsp3) is 0.955. The van der Waals surface area contributed by atoms with Crippen molar-refractivity contribution < 1.29 is 14.3 Å². The topological polar surface area (TPSA) is 38.7 Å². The van der Waals surface area contributed by atoms with Crippen LogP contribution < -0.4 is 0 Å². The number of thiocarbonyl (C=S) groups is 1. The highest BCUT2D eigenvalue weighted by Gasteiger charge is 2.57. The fourth-order valence-electron chi connectivity index (χ4n) is 6.54. The van der Waals surface area contributed by atoms with Gasteiger partial charge in [-0.1, -0.05) is 39.0 Å². The number of hydrogen-bond donors (Lipinski definition) is 1. The molecule has 162 valence electrons. The van der Waals surface area contributed by atoms with E-state index in [-0.39, 0.29) is 18.1 Å². The normalized spacial score (nSPS) is 38.4. The van der Waals surface area contributed by atoms with E-state index in [0.29, 0.717) is 16.2 Å². The zero-order valence-corrected chi connectivity index (χ0v) is 20.9. The van der Waals surface area contributed by atoms with Gasteiger partial charge in [0.25, 0.3) is 0 Å². The van der Waals surface area contributed by atoms with Crippen LogP contribution in [-0.4, -0.2) is 41.9 Å². The lowest BCUT2D eigenvalue weighted by atomic mass is 9.54. The molecule has 3 nitrogen and oxygen atoms in total. The summed E-state index contributed by atoms with van der Waals surface area (Å²) in [6.45, 7) is 6.93. The largest absolute Gasteiger partial charge is 0.475 e. The van der Waals surface area contributed by atoms with Crippen molar-refractivity contribution in [3.8, 4) is 0 Å². The van der Waals surface area contributed by atoms with Crippen LogP contribution in [0.5, 0.6) is 0 Å². The Balaban J connectivity index is 1.86. The predicted molar refractivity (Wildman–Crippen MR) is 125 cm³/mol. The highest BCUT2D eigenvalue weighted by molar-refractivity contribution is 8.22. The van der Waals surface area contributed by atoms with Crippen molar-refractivity contribution in [2.45, 2.75) is 108 Å². The highest BCUT2D eigenvalue weighted by atomic mass is 32.2. The molecule has 3 saturated carbocycles. The summed E-state index contributed by atoms with van der Waals surface area (Å²) in [6, 6.07) is 3.55. The van der Waals surface area contributed by atoms with Gasteiger partial charge in [-0.2, -0.15) is 0 Å². The van der Waals surface area contributed by atoms with Gasteiger partial charge in [0.1, 0.15) is 6.10 Å². The highest BCUT2D eigenvalue weighted by Crippen LogP contribution is 2.55. The lowest BCUT2D eigenvalue weighted by molar-refractivity contribution is -0.189. The van der Waals surface area contributed by atoms with Gasteiger partial charge in [0.15, 0.2) is 8.32 Å². The third kappa shape index (κ3) is 4.51. The monoisotopic (exact) mass is 444 g/mol. The van der Waals surface area contributed by atoms with Crippen LogP contribution in [0.3, 0.4) is 0 Å². The first kappa shape index (κ1) is 23.0. The molecule has 3 aliphatic carbocycles. The van der Waals surface area contributed by atoms with Crippen LogP contribution in [0.4, 0.5) is 0 Å². The molecule has 0 amide bonds. The average Bonchev–Trinajstić information content (AvgIpc) is 2.70. The van der Waals surface area contributed by atoms with Crippen LogP contribution in [0.25, 0.3) is 0 Å². The van der Waals surface area contributed by atoms with Gasteiger partial charge in [-0.25, -0.2) is 0 Å². The van der Waals surface area contributed by atoms with Crippen molar-refractivity contribution >= 4 is 36.7 Å². The second-order valence-electron chi connectivity index (χ2n) is 9.35. The first-order chi connectivity index (χ1) is 13.4. The number of hydrogen-bond acceptors (Lipinski definition) is 5. The minimum atomic E-state index is -1.69. The van der Waals surface area contributed by atoms with E-state index >= 15 is 0 Å². The number of ether oxygens (including phenoxy) is 1. The van der Waals surface area contributed by atoms with Gasteiger partial charge < -0.3 is 14.3 Å². The second-order valence-corrected chi connectivity index (χ2v) is 15.5. The van der Waals surface area contributed by atoms with Crippen LogP contribution in [-0.2, 0) is 9.16 Å². The summed E-state index contributed by atoms with van der Waals surface area (Å²) in [5.74, 6) is 1.18. The van der Waals surface area contributed by atoms with E-state index in [0.717, 1.165) is 44.9 Å². The summed E-state index contributed by atoms with van der Waals surface area (Å²) in [4.78, 5) is 0. The van der Waals surface area contributed by atoms with E-state index in [4.69, 9.17) is 21.4 Å². The molecule has 0 spiro atoms. The van der Waals surface area contributed by atoms with E-state index in [9.17, 15) is 5.11 Å². The molecule has 3 fully saturated rings. The zero-order chi connectivity index (χ0) is 20.4. The van der Waals surface area contributed by atoms with Gasteiger partial charge >= 0.3 is 0 Å². The summed E-state index contributed by atoms with van der Waals surface area (Å²) in [5, 5.41) is 12.0. The first-order valence-corrected chi connectivity index (χ1v) is 15.7. The Hall–Kier alpha value is 0.377. The minimum absolute atomic E-state index is 0.210. The summed E-state index contributed by atoms with van der Waals surface area (Å²) >= 11 is 6.90. The molecule has 1 N–H and O–H groups in total. The number of rotatable bonds is 6. The maximum absolute atomic E-state index is 12.0. The van der Waals surface area contributed by atoms with Crippen LogP contribution in [0.2, 0.25) is 18.1 Å². The molecular weight excluding hydrogens is 404 g/mol. The van der Waals surface area contributed by atoms with Crippen LogP contribution >= 0.6 is 24.0 Å². The maximum atomic E-state index is 12.0. The number of thioether (sulfide) groups is 1. The summed E-state index contributed by atoms with van der Waals surface area (Å²) in [6.07, 6.45) is 11.1. The smallest absolute Gasteiger partial charge is 0.219 e. The molecule has 0 aromatic carbocycles. The molecule has 0 saturated heterocycles. The maximum Gasteiger partial charge on any atom is 0.219 e. The van der Waals surface area contributed by atoms with Crippen molar-refractivity contribution in [3.63, 3.8) is 0 Å². The lowest BCUT2D eigenvalue weighted by Gasteiger charge is -2.58. The molecule has 4 bridgehead atoms. The van der Waals surface area contributed by atoms with Crippen molar-refractivity contribution in [1.29, 1.82) is 0 Å². The Labute approximate surface area is 182 Å². The molecule has 0 unspecified atom stereocenters. The van der Waals surface area contributed by atoms with Crippen LogP contribution in [0.1, 0.15) is 72.1 Å². The van der Waals surface area contributed by atoms with E-state index in [1.165, 1.54) is 36.3 Å². The van der Waals surface area contributed by atoms with Crippen LogP contribution in [0.15, 0.2) is 0 Å². The lowest BCUT2D eigenvalue weighted by Crippen LogP contribution is -2.61. The van der Waals surface area contributed by atoms with Gasteiger partial charge in [0, 0.05) is 5.92 Å². The molecule has 0 aromatic rings. The Morgan fingerprint density at radius 3 is 2.43 bits per heavy atom. The zero-order valence-electron chi connectivity index (χ0n) is 18.2. The fourth-order valence-corrected chi connectivity index (χ4v) is 9.82. The first-order valence-electron chi connectivity index (χ1n) is 11.6. The van der Waals surface area contributed by atoms with Crippen molar-refractivity contribution in [2.24, 2.45) is 17.8 Å². The Morgan fingerprint density at radius 1 is 1.11 bits per heavy atom. The molecule has 3 aliphatic rings. The Kier molecular flexibility index (Phi) is 7.96. The van der Waals surface area contributed by atoms with Crippen molar-refractivity contribution in [1.82, 2.24) is 0 Å². The van der Waals surface area contributed by atoms with Crippen LogP contribution in [0, 0.1) is 17.8 Å². The molecule has 28 heavy (non-hydrogen) atoms. The Morgan fingerprint density at radius 2 is 1.79 bits per heavy atom. The van der Waals surface area contributed by atoms with E-state index in [2.05, 4.69) is 20.8 Å². The predicted octanol–water partition coefficient (Wildman–Crippen LogP) is 6.15. The molecule has 0 aromatic heterocycles. The Bertz CT molecular complexity index is 534. The van der Waals surface area contributed by atoms with Gasteiger partial charge in [-0.15, -0.1) is 0 Å². The third-order valence-corrected chi connectivity index (χ3v) is 14.0. The molecular formula is C22H40O3S2Si. The van der Waals surface area contributed by atoms with E-state index < -0.39 is 13.9 Å². The second kappa shape index (κ2) is 9.67. The standard InChI is InChI=1S/C22H40O3S2Si/c1-5-28(6-2,7-3)25-19-13-11-17-10-12-18(24-21(26)27-4)15-16-9-8-14-22(17,23)20(16)19/h16-20,23H,5-15H2,1-4H3/t16-,17-,18+,19+,20+,22+/m1/s1. The molecule has 3 rings (SSSR count). The molecule has 0 heterocycles. The van der Waals surface area contributed by atoms with Crippen molar-refractivity contribution in [3.05, 3.63) is 0 Å². The van der Waals surface area contributed by atoms with Gasteiger partial charge in [0.05, 0.1) is 11.7 Å². The van der Waals surface area contributed by atoms with E-state index in [1.807, 2.05) is 6.26 Å². The average molecular weight is 445 g/mol. The molecule has 0 aliphatic heterocycles. The molecule has 0 radical (unpaired) electrons. The summed E-state index contributed by atoms with van der Waals surface area (Å²) < 4.78 is 13.9. The third-order valence-electron chi connectivity index (χ3n) is 8.31. The summed E-state index contributed by atoms with van der Waals surface area (Å²) in [5.41, 5.74) is -0.522. The molecule has 6 atom stereocenters. The quantitative estimate of drug-likeness (QED) is 0.393. The SMILES string of the molecule is CC[Si](CC)(CC)O[C@H]1CC[C@H]2CC[C@H](OC(=S)SC)C[C@H]3CCC[C@@]2(O)[C@@H]31. The molecule has 6 heteroatoms. The van der Waals surface area contributed by atoms with Crippen molar-refractivity contribution in [2.75, 3.05) is 6.26 Å². The van der Waals surface area contributed by atoms with Gasteiger partial charge in [-0.3, -0.25) is 0 Å². The van der Waals surface area contributed by atoms with Gasteiger partial charge in [0.2, 0.25) is 4.38 Å². The van der Waals surface area contributed by atoms with Gasteiger partial charge in [-0.05, 0) is 93.4 Å². The summed E-state index contributed by atoms with van der Waals surface area (Å²) in [7, 11) is -1.69. The minimum Gasteiger partial charge on any atom is -0.475 e. The number of aliphatic hydroxyl groups is 1. The van der Waals surface area contributed by atoms with E-state index in [1.54, 1.807) is 0 Å².